The topological polar surface area (TPSA) is 58.6 Å². The van der Waals surface area contributed by atoms with Gasteiger partial charge in [-0.15, -0.1) is 0 Å². The first-order valence-electron chi connectivity index (χ1n) is 6.53. The molecule has 0 saturated heterocycles. The van der Waals surface area contributed by atoms with Crippen LogP contribution >= 0.6 is 11.6 Å². The number of benzene rings is 2. The van der Waals surface area contributed by atoms with Crippen LogP contribution in [-0.2, 0) is 0 Å². The highest BCUT2D eigenvalue weighted by atomic mass is 35.5. The maximum atomic E-state index is 11.2. The van der Waals surface area contributed by atoms with Crippen molar-refractivity contribution in [1.29, 1.82) is 0 Å². The maximum Gasteiger partial charge on any atom is 0.337 e. The molecule has 0 amide bonds. The van der Waals surface area contributed by atoms with Crippen LogP contribution in [0.1, 0.15) is 15.9 Å². The van der Waals surface area contributed by atoms with E-state index < -0.39 is 5.97 Å². The van der Waals surface area contributed by atoms with E-state index in [2.05, 4.69) is 5.32 Å². The van der Waals surface area contributed by atoms with Crippen LogP contribution in [0.25, 0.3) is 0 Å². The summed E-state index contributed by atoms with van der Waals surface area (Å²) >= 11 is 5.79. The Morgan fingerprint density at radius 2 is 1.95 bits per heavy atom. The zero-order valence-corrected chi connectivity index (χ0v) is 12.4. The first-order valence-corrected chi connectivity index (χ1v) is 6.91. The Balaban J connectivity index is 1.92. The molecule has 0 unspecified atom stereocenters. The fourth-order valence-electron chi connectivity index (χ4n) is 1.96. The molecule has 0 fully saturated rings. The molecular formula is C16H16ClNO3. The van der Waals surface area contributed by atoms with E-state index in [1.807, 2.05) is 13.0 Å². The van der Waals surface area contributed by atoms with E-state index in [0.29, 0.717) is 23.9 Å². The molecule has 0 bridgehead atoms. The molecule has 2 aromatic rings. The third-order valence-electron chi connectivity index (χ3n) is 2.99. The number of aryl methyl sites for hydroxylation is 1. The molecule has 0 aliphatic carbocycles. The largest absolute Gasteiger partial charge is 0.492 e. The van der Waals surface area contributed by atoms with Crippen molar-refractivity contribution in [2.24, 2.45) is 0 Å². The van der Waals surface area contributed by atoms with Crippen LogP contribution in [0.4, 0.5) is 5.69 Å². The third kappa shape index (κ3) is 4.13. The Labute approximate surface area is 128 Å². The second-order valence-electron chi connectivity index (χ2n) is 4.53. The summed E-state index contributed by atoms with van der Waals surface area (Å²) in [6.45, 7) is 2.80. The van der Waals surface area contributed by atoms with E-state index in [4.69, 9.17) is 21.4 Å². The van der Waals surface area contributed by atoms with Crippen LogP contribution in [0.3, 0.4) is 0 Å². The number of nitrogens with one attached hydrogen (secondary N) is 1. The molecule has 0 radical (unpaired) electrons. The standard InChI is InChI=1S/C16H16ClNO3/c1-11-3-2-4-14(16(19)20)15(11)18-9-10-21-13-7-5-12(17)6-8-13/h2-8,18H,9-10H2,1H3,(H,19,20). The minimum absolute atomic E-state index is 0.265. The number of rotatable bonds is 6. The fourth-order valence-corrected chi connectivity index (χ4v) is 2.08. The number of carboxylic acid groups (broad SMARTS) is 1. The van der Waals surface area contributed by atoms with E-state index in [1.165, 1.54) is 0 Å². The van der Waals surface area contributed by atoms with Crippen molar-refractivity contribution in [2.75, 3.05) is 18.5 Å². The minimum atomic E-state index is -0.945. The highest BCUT2D eigenvalue weighted by molar-refractivity contribution is 6.30. The van der Waals surface area contributed by atoms with Crippen molar-refractivity contribution in [1.82, 2.24) is 0 Å². The third-order valence-corrected chi connectivity index (χ3v) is 3.24. The second kappa shape index (κ2) is 6.99. The highest BCUT2D eigenvalue weighted by Crippen LogP contribution is 2.20. The van der Waals surface area contributed by atoms with Crippen molar-refractivity contribution in [3.63, 3.8) is 0 Å². The van der Waals surface area contributed by atoms with Gasteiger partial charge in [-0.2, -0.15) is 0 Å². The SMILES string of the molecule is Cc1cccc(C(=O)O)c1NCCOc1ccc(Cl)cc1. The first-order chi connectivity index (χ1) is 10.1. The summed E-state index contributed by atoms with van der Waals surface area (Å²) in [4.78, 5) is 11.2. The summed E-state index contributed by atoms with van der Waals surface area (Å²) in [5, 5.41) is 12.9. The summed E-state index contributed by atoms with van der Waals surface area (Å²) in [6, 6.07) is 12.3. The molecular weight excluding hydrogens is 290 g/mol. The molecule has 0 aliphatic rings. The van der Waals surface area contributed by atoms with E-state index in [-0.39, 0.29) is 5.56 Å². The van der Waals surface area contributed by atoms with Crippen molar-refractivity contribution in [3.8, 4) is 5.75 Å². The van der Waals surface area contributed by atoms with E-state index >= 15 is 0 Å². The fraction of sp³-hybridized carbons (Fsp3) is 0.188. The molecule has 0 heterocycles. The number of halogens is 1. The highest BCUT2D eigenvalue weighted by Gasteiger charge is 2.11. The number of para-hydroxylation sites is 1. The Morgan fingerprint density at radius 1 is 1.24 bits per heavy atom. The number of carbonyl (C=O) groups is 1. The molecule has 4 nitrogen and oxygen atoms in total. The van der Waals surface area contributed by atoms with Crippen LogP contribution in [0, 0.1) is 6.92 Å². The zero-order valence-electron chi connectivity index (χ0n) is 11.6. The Hall–Kier alpha value is -2.20. The minimum Gasteiger partial charge on any atom is -0.492 e. The zero-order chi connectivity index (χ0) is 15.2. The lowest BCUT2D eigenvalue weighted by atomic mass is 10.1. The van der Waals surface area contributed by atoms with E-state index in [0.717, 1.165) is 11.3 Å². The Kier molecular flexibility index (Phi) is 5.06. The number of hydrogen-bond donors (Lipinski definition) is 2. The first kappa shape index (κ1) is 15.2. The van der Waals surface area contributed by atoms with Gasteiger partial charge >= 0.3 is 5.97 Å². The Bertz CT molecular complexity index is 626. The summed E-state index contributed by atoms with van der Waals surface area (Å²) in [5.74, 6) is -0.218. The van der Waals surface area contributed by atoms with Gasteiger partial charge in [0.2, 0.25) is 0 Å². The summed E-state index contributed by atoms with van der Waals surface area (Å²) in [6.07, 6.45) is 0. The average molecular weight is 306 g/mol. The van der Waals surface area contributed by atoms with E-state index in [9.17, 15) is 4.79 Å². The number of carboxylic acids is 1. The van der Waals surface area contributed by atoms with Crippen molar-refractivity contribution < 1.29 is 14.6 Å². The molecule has 0 aliphatic heterocycles. The molecule has 5 heteroatoms. The van der Waals surface area contributed by atoms with Gasteiger partial charge in [-0.05, 0) is 42.8 Å². The molecule has 2 N–H and O–H groups in total. The molecule has 2 aromatic carbocycles. The summed E-state index contributed by atoms with van der Waals surface area (Å²) in [7, 11) is 0. The van der Waals surface area contributed by atoms with Gasteiger partial charge < -0.3 is 15.2 Å². The second-order valence-corrected chi connectivity index (χ2v) is 4.97. The van der Waals surface area contributed by atoms with Gasteiger partial charge in [-0.1, -0.05) is 23.7 Å². The van der Waals surface area contributed by atoms with Gasteiger partial charge in [0.1, 0.15) is 12.4 Å². The molecule has 0 aromatic heterocycles. The van der Waals surface area contributed by atoms with Gasteiger partial charge in [-0.25, -0.2) is 4.79 Å². The number of anilines is 1. The predicted molar refractivity (Wildman–Crippen MR) is 83.6 cm³/mol. The summed E-state index contributed by atoms with van der Waals surface area (Å²) in [5.41, 5.74) is 1.78. The lowest BCUT2D eigenvalue weighted by Gasteiger charge is -2.13. The average Bonchev–Trinajstić information content (AvgIpc) is 2.46. The van der Waals surface area contributed by atoms with Gasteiger partial charge in [0, 0.05) is 11.6 Å². The lowest BCUT2D eigenvalue weighted by Crippen LogP contribution is -2.14. The Morgan fingerprint density at radius 3 is 2.62 bits per heavy atom. The van der Waals surface area contributed by atoms with Gasteiger partial charge in [0.25, 0.3) is 0 Å². The normalized spacial score (nSPS) is 10.2. The molecule has 110 valence electrons. The smallest absolute Gasteiger partial charge is 0.337 e. The number of aromatic carboxylic acids is 1. The van der Waals surface area contributed by atoms with E-state index in [1.54, 1.807) is 36.4 Å². The van der Waals surface area contributed by atoms with Crippen molar-refractivity contribution in [2.45, 2.75) is 6.92 Å². The molecule has 21 heavy (non-hydrogen) atoms. The van der Waals surface area contributed by atoms with Gasteiger partial charge in [0.05, 0.1) is 11.3 Å². The molecule has 0 saturated carbocycles. The number of ether oxygens (including phenoxy) is 1. The van der Waals surface area contributed by atoms with Crippen LogP contribution in [-0.4, -0.2) is 24.2 Å². The lowest BCUT2D eigenvalue weighted by molar-refractivity contribution is 0.0698. The van der Waals surface area contributed by atoms with Crippen LogP contribution < -0.4 is 10.1 Å². The predicted octanol–water partition coefficient (Wildman–Crippen LogP) is 3.84. The van der Waals surface area contributed by atoms with Crippen LogP contribution in [0.2, 0.25) is 5.02 Å². The van der Waals surface area contributed by atoms with Gasteiger partial charge in [0.15, 0.2) is 0 Å². The van der Waals surface area contributed by atoms with Crippen LogP contribution in [0.5, 0.6) is 5.75 Å². The monoisotopic (exact) mass is 305 g/mol. The quantitative estimate of drug-likeness (QED) is 0.796. The molecule has 0 spiro atoms. The summed E-state index contributed by atoms with van der Waals surface area (Å²) < 4.78 is 5.55. The van der Waals surface area contributed by atoms with Gasteiger partial charge in [-0.3, -0.25) is 0 Å². The molecule has 0 atom stereocenters. The maximum absolute atomic E-state index is 11.2. The van der Waals surface area contributed by atoms with Crippen molar-refractivity contribution >= 4 is 23.3 Å². The molecule has 2 rings (SSSR count). The number of hydrogen-bond acceptors (Lipinski definition) is 3. The van der Waals surface area contributed by atoms with Crippen molar-refractivity contribution in [3.05, 3.63) is 58.6 Å². The van der Waals surface area contributed by atoms with Crippen LogP contribution in [0.15, 0.2) is 42.5 Å².